The van der Waals surface area contributed by atoms with E-state index in [0.717, 1.165) is 11.1 Å². The van der Waals surface area contributed by atoms with Crippen LogP contribution in [0.4, 0.5) is 0 Å². The molecule has 0 spiro atoms. The zero-order chi connectivity index (χ0) is 15.9. The Balaban J connectivity index is 1.87. The molecule has 1 aromatic heterocycles. The van der Waals surface area contributed by atoms with Crippen LogP contribution in [-0.4, -0.2) is 22.1 Å². The van der Waals surface area contributed by atoms with E-state index in [-0.39, 0.29) is 12.5 Å². The minimum Gasteiger partial charge on any atom is -0.481 e. The average Bonchev–Trinajstić information content (AvgIpc) is 2.54. The molecule has 0 aliphatic rings. The molecule has 0 bridgehead atoms. The summed E-state index contributed by atoms with van der Waals surface area (Å²) in [5.74, 6) is 0.312. The van der Waals surface area contributed by atoms with Crippen LogP contribution in [0.5, 0.6) is 5.75 Å². The number of nitrogens with zero attached hydrogens (tertiary/aromatic N) is 1. The lowest BCUT2D eigenvalue weighted by Crippen LogP contribution is -2.35. The Morgan fingerprint density at radius 2 is 2.18 bits per heavy atom. The van der Waals surface area contributed by atoms with Crippen LogP contribution in [0.25, 0.3) is 0 Å². The SMILES string of the molecule is CC(Oc1cccc(CO)c1)C(=O)NCc1ccc(Cl)nc1. The summed E-state index contributed by atoms with van der Waals surface area (Å²) in [6, 6.07) is 10.5. The van der Waals surface area contributed by atoms with Crippen LogP contribution in [0.2, 0.25) is 5.15 Å². The summed E-state index contributed by atoms with van der Waals surface area (Å²) in [6.45, 7) is 1.95. The van der Waals surface area contributed by atoms with Gasteiger partial charge in [-0.15, -0.1) is 0 Å². The molecule has 0 fully saturated rings. The summed E-state index contributed by atoms with van der Waals surface area (Å²) >= 11 is 5.70. The highest BCUT2D eigenvalue weighted by atomic mass is 35.5. The molecular weight excluding hydrogens is 304 g/mol. The first-order chi connectivity index (χ1) is 10.6. The first kappa shape index (κ1) is 16.3. The number of aliphatic hydroxyl groups is 1. The third kappa shape index (κ3) is 4.72. The van der Waals surface area contributed by atoms with Crippen molar-refractivity contribution >= 4 is 17.5 Å². The molecule has 0 radical (unpaired) electrons. The van der Waals surface area contributed by atoms with E-state index in [1.165, 1.54) is 0 Å². The second-order valence-electron chi connectivity index (χ2n) is 4.77. The monoisotopic (exact) mass is 320 g/mol. The van der Waals surface area contributed by atoms with Gasteiger partial charge in [0.15, 0.2) is 6.10 Å². The van der Waals surface area contributed by atoms with Gasteiger partial charge in [0.2, 0.25) is 0 Å². The summed E-state index contributed by atoms with van der Waals surface area (Å²) in [5.41, 5.74) is 1.59. The van der Waals surface area contributed by atoms with Crippen LogP contribution in [0.1, 0.15) is 18.1 Å². The first-order valence-electron chi connectivity index (χ1n) is 6.83. The molecule has 1 amide bonds. The molecule has 0 aliphatic heterocycles. The minimum absolute atomic E-state index is 0.0681. The number of rotatable bonds is 6. The molecule has 2 N–H and O–H groups in total. The van der Waals surface area contributed by atoms with E-state index in [1.54, 1.807) is 49.5 Å². The van der Waals surface area contributed by atoms with Crippen LogP contribution in [-0.2, 0) is 17.9 Å². The molecule has 0 aliphatic carbocycles. The van der Waals surface area contributed by atoms with Crippen LogP contribution in [0.3, 0.4) is 0 Å². The fourth-order valence-electron chi connectivity index (χ4n) is 1.82. The highest BCUT2D eigenvalue weighted by Gasteiger charge is 2.14. The van der Waals surface area contributed by atoms with E-state index < -0.39 is 6.10 Å². The van der Waals surface area contributed by atoms with Gasteiger partial charge in [0, 0.05) is 12.7 Å². The smallest absolute Gasteiger partial charge is 0.261 e. The van der Waals surface area contributed by atoms with Crippen molar-refractivity contribution in [2.75, 3.05) is 0 Å². The van der Waals surface area contributed by atoms with Crippen LogP contribution in [0, 0.1) is 0 Å². The average molecular weight is 321 g/mol. The number of aliphatic hydroxyl groups excluding tert-OH is 1. The number of carbonyl (C=O) groups excluding carboxylic acids is 1. The highest BCUT2D eigenvalue weighted by molar-refractivity contribution is 6.29. The van der Waals surface area contributed by atoms with Crippen molar-refractivity contribution in [3.05, 3.63) is 58.9 Å². The van der Waals surface area contributed by atoms with Crippen molar-refractivity contribution in [1.29, 1.82) is 0 Å². The highest BCUT2D eigenvalue weighted by Crippen LogP contribution is 2.15. The molecule has 0 saturated carbocycles. The molecular formula is C16H17ClN2O3. The number of amides is 1. The third-order valence-electron chi connectivity index (χ3n) is 3.02. The molecule has 116 valence electrons. The fourth-order valence-corrected chi connectivity index (χ4v) is 1.93. The number of carbonyl (C=O) groups is 1. The Labute approximate surface area is 133 Å². The van der Waals surface area contributed by atoms with Gasteiger partial charge in [-0.3, -0.25) is 4.79 Å². The number of ether oxygens (including phenoxy) is 1. The van der Waals surface area contributed by atoms with E-state index in [1.807, 2.05) is 0 Å². The molecule has 0 saturated heterocycles. The van der Waals surface area contributed by atoms with E-state index in [9.17, 15) is 4.79 Å². The first-order valence-corrected chi connectivity index (χ1v) is 7.21. The Kier molecular flexibility index (Phi) is 5.75. The summed E-state index contributed by atoms with van der Waals surface area (Å²) < 4.78 is 5.57. The van der Waals surface area contributed by atoms with Crippen LogP contribution >= 0.6 is 11.6 Å². The van der Waals surface area contributed by atoms with Crippen molar-refractivity contribution in [3.8, 4) is 5.75 Å². The molecule has 2 rings (SSSR count). The van der Waals surface area contributed by atoms with Gasteiger partial charge < -0.3 is 15.2 Å². The molecule has 1 aromatic carbocycles. The van der Waals surface area contributed by atoms with E-state index in [4.69, 9.17) is 21.4 Å². The Morgan fingerprint density at radius 1 is 1.36 bits per heavy atom. The molecule has 1 heterocycles. The van der Waals surface area contributed by atoms with Crippen LogP contribution < -0.4 is 10.1 Å². The number of aromatic nitrogens is 1. The number of pyridine rings is 1. The minimum atomic E-state index is -0.644. The lowest BCUT2D eigenvalue weighted by molar-refractivity contribution is -0.127. The summed E-state index contributed by atoms with van der Waals surface area (Å²) in [6.07, 6.45) is 0.966. The van der Waals surface area contributed by atoms with Crippen molar-refractivity contribution in [3.63, 3.8) is 0 Å². The van der Waals surface area contributed by atoms with Gasteiger partial charge in [0.05, 0.1) is 6.61 Å². The van der Waals surface area contributed by atoms with E-state index in [0.29, 0.717) is 17.4 Å². The van der Waals surface area contributed by atoms with Crippen molar-refractivity contribution in [2.45, 2.75) is 26.2 Å². The molecule has 2 aromatic rings. The Morgan fingerprint density at radius 3 is 2.86 bits per heavy atom. The largest absolute Gasteiger partial charge is 0.481 e. The van der Waals surface area contributed by atoms with E-state index in [2.05, 4.69) is 10.3 Å². The number of hydrogen-bond acceptors (Lipinski definition) is 4. The van der Waals surface area contributed by atoms with Gasteiger partial charge in [-0.05, 0) is 36.2 Å². The topological polar surface area (TPSA) is 71.5 Å². The third-order valence-corrected chi connectivity index (χ3v) is 3.24. The van der Waals surface area contributed by atoms with Gasteiger partial charge in [-0.2, -0.15) is 0 Å². The standard InChI is InChI=1S/C16H17ClN2O3/c1-11(22-14-4-2-3-12(7-14)10-20)16(21)19-9-13-5-6-15(17)18-8-13/h2-8,11,20H,9-10H2,1H3,(H,19,21). The van der Waals surface area contributed by atoms with Gasteiger partial charge in [0.1, 0.15) is 10.9 Å². The Hall–Kier alpha value is -2.11. The van der Waals surface area contributed by atoms with Gasteiger partial charge in [-0.1, -0.05) is 29.8 Å². The lowest BCUT2D eigenvalue weighted by Gasteiger charge is -2.15. The maximum atomic E-state index is 12.0. The lowest BCUT2D eigenvalue weighted by atomic mass is 10.2. The van der Waals surface area contributed by atoms with Crippen LogP contribution in [0.15, 0.2) is 42.6 Å². The van der Waals surface area contributed by atoms with E-state index >= 15 is 0 Å². The maximum absolute atomic E-state index is 12.0. The normalized spacial score (nSPS) is 11.8. The van der Waals surface area contributed by atoms with Crippen molar-refractivity contribution in [2.24, 2.45) is 0 Å². The summed E-state index contributed by atoms with van der Waals surface area (Å²) in [5, 5.41) is 12.3. The molecule has 1 unspecified atom stereocenters. The Bertz CT molecular complexity index is 632. The number of halogens is 1. The van der Waals surface area contributed by atoms with Crippen molar-refractivity contribution < 1.29 is 14.6 Å². The number of hydrogen-bond donors (Lipinski definition) is 2. The predicted octanol–water partition coefficient (Wildman–Crippen LogP) is 2.31. The summed E-state index contributed by atoms with van der Waals surface area (Å²) in [4.78, 5) is 16.0. The van der Waals surface area contributed by atoms with Gasteiger partial charge in [0.25, 0.3) is 5.91 Å². The predicted molar refractivity (Wildman–Crippen MR) is 83.5 cm³/mol. The zero-order valence-corrected chi connectivity index (χ0v) is 12.9. The van der Waals surface area contributed by atoms with Gasteiger partial charge >= 0.3 is 0 Å². The molecule has 1 atom stereocenters. The maximum Gasteiger partial charge on any atom is 0.261 e. The second kappa shape index (κ2) is 7.77. The van der Waals surface area contributed by atoms with Crippen molar-refractivity contribution in [1.82, 2.24) is 10.3 Å². The quantitative estimate of drug-likeness (QED) is 0.801. The molecule has 5 nitrogen and oxygen atoms in total. The van der Waals surface area contributed by atoms with Gasteiger partial charge in [-0.25, -0.2) is 4.98 Å². The number of benzene rings is 1. The fraction of sp³-hybridized carbons (Fsp3) is 0.250. The molecule has 6 heteroatoms. The number of nitrogens with one attached hydrogen (secondary N) is 1. The molecule has 22 heavy (non-hydrogen) atoms. The summed E-state index contributed by atoms with van der Waals surface area (Å²) in [7, 11) is 0. The second-order valence-corrected chi connectivity index (χ2v) is 5.16. The zero-order valence-electron chi connectivity index (χ0n) is 12.1.